The number of nitrogens with zero attached hydrogens (tertiary/aromatic N) is 3. The van der Waals surface area contributed by atoms with Crippen LogP contribution in [0.2, 0.25) is 0 Å². The first-order chi connectivity index (χ1) is 16.0. The van der Waals surface area contributed by atoms with Crippen molar-refractivity contribution in [2.24, 2.45) is 0 Å². The molecule has 7 nitrogen and oxygen atoms in total. The molecule has 0 saturated carbocycles. The molecule has 2 amide bonds. The summed E-state index contributed by atoms with van der Waals surface area (Å²) in [7, 11) is 0. The Balaban J connectivity index is 1.36. The highest BCUT2D eigenvalue weighted by Crippen LogP contribution is 2.23. The SMILES string of the molecule is O=C(c1cccc(CN2CCOCC2)c1)N1CCN(C(=O)c2ccccc2OC(F)F)CC1. The number of benzene rings is 2. The molecule has 0 aliphatic carbocycles. The Bertz CT molecular complexity index is 974. The molecule has 2 fully saturated rings. The number of para-hydroxylation sites is 1. The van der Waals surface area contributed by atoms with E-state index in [9.17, 15) is 18.4 Å². The number of amides is 2. The van der Waals surface area contributed by atoms with Crippen molar-refractivity contribution >= 4 is 11.8 Å². The number of hydrogen-bond donors (Lipinski definition) is 0. The molecule has 0 N–H and O–H groups in total. The fourth-order valence-corrected chi connectivity index (χ4v) is 4.13. The number of halogens is 2. The molecule has 4 rings (SSSR count). The third kappa shape index (κ3) is 5.85. The van der Waals surface area contributed by atoms with Gasteiger partial charge in [0.05, 0.1) is 18.8 Å². The maximum Gasteiger partial charge on any atom is 0.387 e. The zero-order valence-corrected chi connectivity index (χ0v) is 18.3. The molecule has 0 spiro atoms. The lowest BCUT2D eigenvalue weighted by Gasteiger charge is -2.35. The lowest BCUT2D eigenvalue weighted by Crippen LogP contribution is -2.50. The van der Waals surface area contributed by atoms with Crippen LogP contribution in [-0.4, -0.2) is 85.6 Å². The Morgan fingerprint density at radius 1 is 0.879 bits per heavy atom. The summed E-state index contributed by atoms with van der Waals surface area (Å²) in [4.78, 5) is 31.5. The Labute approximate surface area is 191 Å². The van der Waals surface area contributed by atoms with E-state index in [1.54, 1.807) is 21.9 Å². The average Bonchev–Trinajstić information content (AvgIpc) is 2.84. The van der Waals surface area contributed by atoms with Gasteiger partial charge in [0.2, 0.25) is 0 Å². The monoisotopic (exact) mass is 459 g/mol. The molecule has 0 radical (unpaired) electrons. The van der Waals surface area contributed by atoms with Gasteiger partial charge in [-0.05, 0) is 29.8 Å². The van der Waals surface area contributed by atoms with Gasteiger partial charge in [-0.2, -0.15) is 8.78 Å². The van der Waals surface area contributed by atoms with Crippen molar-refractivity contribution in [2.45, 2.75) is 13.2 Å². The van der Waals surface area contributed by atoms with Crippen LogP contribution in [0.15, 0.2) is 48.5 Å². The number of morpholine rings is 1. The predicted octanol–water partition coefficient (Wildman–Crippen LogP) is 2.72. The van der Waals surface area contributed by atoms with E-state index in [4.69, 9.17) is 4.74 Å². The molecule has 0 aromatic heterocycles. The summed E-state index contributed by atoms with van der Waals surface area (Å²) >= 11 is 0. The number of alkyl halides is 2. The molecular formula is C24H27F2N3O4. The summed E-state index contributed by atoms with van der Waals surface area (Å²) in [5, 5.41) is 0. The van der Waals surface area contributed by atoms with Gasteiger partial charge < -0.3 is 19.3 Å². The maximum atomic E-state index is 13.1. The van der Waals surface area contributed by atoms with E-state index in [0.717, 1.165) is 38.4 Å². The largest absolute Gasteiger partial charge is 0.434 e. The number of rotatable bonds is 6. The normalized spacial score (nSPS) is 17.3. The van der Waals surface area contributed by atoms with Crippen LogP contribution in [-0.2, 0) is 11.3 Å². The summed E-state index contributed by atoms with van der Waals surface area (Å²) in [6.07, 6.45) is 0. The molecule has 0 atom stereocenters. The van der Waals surface area contributed by atoms with E-state index >= 15 is 0 Å². The van der Waals surface area contributed by atoms with E-state index in [1.807, 2.05) is 18.2 Å². The quantitative estimate of drug-likeness (QED) is 0.665. The number of hydrogen-bond acceptors (Lipinski definition) is 5. The van der Waals surface area contributed by atoms with Gasteiger partial charge in [0.25, 0.3) is 11.8 Å². The Kier molecular flexibility index (Phi) is 7.51. The lowest BCUT2D eigenvalue weighted by molar-refractivity contribution is -0.0503. The van der Waals surface area contributed by atoms with Crippen molar-refractivity contribution in [1.82, 2.24) is 14.7 Å². The fourth-order valence-electron chi connectivity index (χ4n) is 4.13. The standard InChI is InChI=1S/C24H27F2N3O4/c25-24(26)33-21-7-2-1-6-20(21)23(31)29-10-8-28(9-11-29)22(30)19-5-3-4-18(16-19)17-27-12-14-32-15-13-27/h1-7,16,24H,8-15,17H2. The molecule has 2 heterocycles. The third-order valence-electron chi connectivity index (χ3n) is 5.87. The number of piperazine rings is 1. The molecule has 2 saturated heterocycles. The minimum absolute atomic E-state index is 0.0765. The van der Waals surface area contributed by atoms with Crippen LogP contribution in [0.3, 0.4) is 0 Å². The minimum Gasteiger partial charge on any atom is -0.434 e. The predicted molar refractivity (Wildman–Crippen MR) is 117 cm³/mol. The summed E-state index contributed by atoms with van der Waals surface area (Å²) in [6.45, 7) is 2.34. The Morgan fingerprint density at radius 2 is 1.55 bits per heavy atom. The minimum atomic E-state index is -3.01. The molecule has 2 aliphatic rings. The highest BCUT2D eigenvalue weighted by Gasteiger charge is 2.27. The smallest absolute Gasteiger partial charge is 0.387 e. The molecule has 0 bridgehead atoms. The maximum absolute atomic E-state index is 13.1. The van der Waals surface area contributed by atoms with Crippen LogP contribution in [0.1, 0.15) is 26.3 Å². The number of ether oxygens (including phenoxy) is 2. The van der Waals surface area contributed by atoms with Gasteiger partial charge >= 0.3 is 6.61 Å². The van der Waals surface area contributed by atoms with Gasteiger partial charge in [-0.3, -0.25) is 14.5 Å². The molecule has 176 valence electrons. The van der Waals surface area contributed by atoms with Crippen LogP contribution in [0.4, 0.5) is 8.78 Å². The summed E-state index contributed by atoms with van der Waals surface area (Å²) in [5.41, 5.74) is 1.79. The van der Waals surface area contributed by atoms with E-state index in [0.29, 0.717) is 31.7 Å². The number of carbonyl (C=O) groups excluding carboxylic acids is 2. The van der Waals surface area contributed by atoms with Gasteiger partial charge in [-0.25, -0.2) is 0 Å². The molecule has 2 aromatic rings. The van der Waals surface area contributed by atoms with Gasteiger partial charge in [-0.15, -0.1) is 0 Å². The van der Waals surface area contributed by atoms with Gasteiger partial charge in [0, 0.05) is 51.4 Å². The van der Waals surface area contributed by atoms with Crippen LogP contribution in [0.25, 0.3) is 0 Å². The highest BCUT2D eigenvalue weighted by molar-refractivity contribution is 5.97. The first kappa shape index (κ1) is 23.1. The van der Waals surface area contributed by atoms with E-state index in [-0.39, 0.29) is 23.1 Å². The average molecular weight is 459 g/mol. The van der Waals surface area contributed by atoms with Crippen molar-refractivity contribution < 1.29 is 27.8 Å². The topological polar surface area (TPSA) is 62.3 Å². The van der Waals surface area contributed by atoms with Gasteiger partial charge in [-0.1, -0.05) is 24.3 Å². The van der Waals surface area contributed by atoms with Crippen molar-refractivity contribution in [1.29, 1.82) is 0 Å². The summed E-state index contributed by atoms with van der Waals surface area (Å²) in [5.74, 6) is -0.605. The molecule has 2 aromatic carbocycles. The van der Waals surface area contributed by atoms with E-state index in [1.165, 1.54) is 18.2 Å². The second-order valence-corrected chi connectivity index (χ2v) is 8.05. The second kappa shape index (κ2) is 10.7. The summed E-state index contributed by atoms with van der Waals surface area (Å²) < 4.78 is 35.2. The summed E-state index contributed by atoms with van der Waals surface area (Å²) in [6, 6.07) is 13.6. The van der Waals surface area contributed by atoms with Crippen molar-refractivity contribution in [3.8, 4) is 5.75 Å². The molecule has 33 heavy (non-hydrogen) atoms. The molecule has 0 unspecified atom stereocenters. The third-order valence-corrected chi connectivity index (χ3v) is 5.87. The molecular weight excluding hydrogens is 432 g/mol. The van der Waals surface area contributed by atoms with Gasteiger partial charge in [0.1, 0.15) is 5.75 Å². The van der Waals surface area contributed by atoms with Crippen molar-refractivity contribution in [3.63, 3.8) is 0 Å². The first-order valence-electron chi connectivity index (χ1n) is 11.0. The second-order valence-electron chi connectivity index (χ2n) is 8.05. The zero-order chi connectivity index (χ0) is 23.2. The zero-order valence-electron chi connectivity index (χ0n) is 18.3. The molecule has 9 heteroatoms. The van der Waals surface area contributed by atoms with Crippen molar-refractivity contribution in [3.05, 3.63) is 65.2 Å². The highest BCUT2D eigenvalue weighted by atomic mass is 19.3. The van der Waals surface area contributed by atoms with Crippen LogP contribution >= 0.6 is 0 Å². The van der Waals surface area contributed by atoms with Crippen LogP contribution < -0.4 is 4.74 Å². The van der Waals surface area contributed by atoms with Crippen LogP contribution in [0, 0.1) is 0 Å². The first-order valence-corrected chi connectivity index (χ1v) is 11.0. The lowest BCUT2D eigenvalue weighted by atomic mass is 10.1. The Morgan fingerprint density at radius 3 is 2.24 bits per heavy atom. The van der Waals surface area contributed by atoms with E-state index in [2.05, 4.69) is 9.64 Å². The fraction of sp³-hybridized carbons (Fsp3) is 0.417. The van der Waals surface area contributed by atoms with Crippen molar-refractivity contribution in [2.75, 3.05) is 52.5 Å². The van der Waals surface area contributed by atoms with Gasteiger partial charge in [0.15, 0.2) is 0 Å². The molecule has 2 aliphatic heterocycles. The van der Waals surface area contributed by atoms with E-state index < -0.39 is 6.61 Å². The number of carbonyl (C=O) groups is 2. The van der Waals surface area contributed by atoms with Crippen LogP contribution in [0.5, 0.6) is 5.75 Å². The Hall–Kier alpha value is -3.04.